The van der Waals surface area contributed by atoms with Gasteiger partial charge in [0, 0.05) is 10.0 Å². The Morgan fingerprint density at radius 2 is 2.00 bits per heavy atom. The van der Waals surface area contributed by atoms with Crippen LogP contribution in [0.1, 0.15) is 30.0 Å². The van der Waals surface area contributed by atoms with E-state index in [0.29, 0.717) is 22.0 Å². The smallest absolute Gasteiger partial charge is 0.433 e. The molecular weight excluding hydrogens is 512 g/mol. The van der Waals surface area contributed by atoms with E-state index in [9.17, 15) is 14.9 Å². The zero-order valence-corrected chi connectivity index (χ0v) is 19.9. The third-order valence-corrected chi connectivity index (χ3v) is 5.77. The van der Waals surface area contributed by atoms with Crippen molar-refractivity contribution in [2.24, 2.45) is 5.10 Å². The molecule has 11 heteroatoms. The number of benzene rings is 2. The molecule has 0 bridgehead atoms. The number of halogens is 1. The highest BCUT2D eigenvalue weighted by Crippen LogP contribution is 2.32. The molecule has 0 N–H and O–H groups in total. The summed E-state index contributed by atoms with van der Waals surface area (Å²) in [7, 11) is 0. The number of carbonyl (C=O) groups excluding carboxylic acids is 1. The summed E-state index contributed by atoms with van der Waals surface area (Å²) in [6.07, 6.45) is 1.25. The molecular formula is C22H17BrN4O5S. The number of hydrazone groups is 1. The van der Waals surface area contributed by atoms with E-state index in [4.69, 9.17) is 9.15 Å². The van der Waals surface area contributed by atoms with Gasteiger partial charge in [-0.15, -0.1) is 0 Å². The molecule has 0 unspecified atom stereocenters. The lowest BCUT2D eigenvalue weighted by Gasteiger charge is -2.14. The number of anilines is 1. The topological polar surface area (TPSA) is 111 Å². The van der Waals surface area contributed by atoms with Crippen LogP contribution in [0.3, 0.4) is 0 Å². The molecule has 2 aromatic heterocycles. The summed E-state index contributed by atoms with van der Waals surface area (Å²) in [5, 5.41) is 16.6. The highest BCUT2D eigenvalue weighted by Gasteiger charge is 2.22. The van der Waals surface area contributed by atoms with Crippen molar-refractivity contribution in [1.82, 2.24) is 4.98 Å². The Morgan fingerprint density at radius 1 is 1.24 bits per heavy atom. The predicted octanol–water partition coefficient (Wildman–Crippen LogP) is 6.03. The number of thiazole rings is 1. The standard InChI is InChI=1S/C22H17BrN4O5S/c1-13(2)31-16-6-3-14(4-7-16)21(28)26(24-12-17-8-10-20(32-17)27(29)30)22-25-18-9-5-15(23)11-19(18)33-22/h3-13H,1-2H3/b24-12+. The van der Waals surface area contributed by atoms with Crippen molar-refractivity contribution in [3.05, 3.63) is 80.5 Å². The predicted molar refractivity (Wildman–Crippen MR) is 129 cm³/mol. The Bertz CT molecular complexity index is 1350. The van der Waals surface area contributed by atoms with Gasteiger partial charge in [0.2, 0.25) is 5.13 Å². The molecule has 2 heterocycles. The summed E-state index contributed by atoms with van der Waals surface area (Å²) in [6, 6.07) is 14.9. The van der Waals surface area contributed by atoms with E-state index in [0.717, 1.165) is 14.2 Å². The van der Waals surface area contributed by atoms with Crippen molar-refractivity contribution < 1.29 is 18.9 Å². The zero-order chi connectivity index (χ0) is 23.5. The summed E-state index contributed by atoms with van der Waals surface area (Å²) < 4.78 is 12.5. The number of carbonyl (C=O) groups is 1. The number of rotatable bonds is 7. The first kappa shape index (κ1) is 22.6. The Kier molecular flexibility index (Phi) is 6.52. The third-order valence-electron chi connectivity index (χ3n) is 4.28. The molecule has 0 aliphatic rings. The molecule has 0 aliphatic heterocycles. The van der Waals surface area contributed by atoms with Crippen molar-refractivity contribution in [2.45, 2.75) is 20.0 Å². The van der Waals surface area contributed by atoms with E-state index in [1.54, 1.807) is 24.3 Å². The van der Waals surface area contributed by atoms with E-state index in [1.807, 2.05) is 32.0 Å². The first-order valence-corrected chi connectivity index (χ1v) is 11.4. The minimum Gasteiger partial charge on any atom is -0.491 e. The molecule has 2 aromatic carbocycles. The second-order valence-corrected chi connectivity index (χ2v) is 9.02. The van der Waals surface area contributed by atoms with Crippen LogP contribution in [0.15, 0.2) is 68.6 Å². The highest BCUT2D eigenvalue weighted by molar-refractivity contribution is 9.10. The van der Waals surface area contributed by atoms with E-state index in [1.165, 1.54) is 29.7 Å². The van der Waals surface area contributed by atoms with Crippen molar-refractivity contribution in [2.75, 3.05) is 5.01 Å². The van der Waals surface area contributed by atoms with Crippen LogP contribution >= 0.6 is 27.3 Å². The molecule has 0 atom stereocenters. The van der Waals surface area contributed by atoms with Crippen molar-refractivity contribution in [3.8, 4) is 5.75 Å². The number of nitro groups is 1. The van der Waals surface area contributed by atoms with Gasteiger partial charge in [-0.05, 0) is 62.4 Å². The summed E-state index contributed by atoms with van der Waals surface area (Å²) in [5.74, 6) is -0.0743. The maximum Gasteiger partial charge on any atom is 0.433 e. The lowest BCUT2D eigenvalue weighted by molar-refractivity contribution is -0.402. The van der Waals surface area contributed by atoms with E-state index < -0.39 is 16.7 Å². The van der Waals surface area contributed by atoms with Gasteiger partial charge in [0.25, 0.3) is 5.91 Å². The van der Waals surface area contributed by atoms with Gasteiger partial charge in [-0.3, -0.25) is 14.9 Å². The molecule has 0 spiro atoms. The minimum atomic E-state index is -0.646. The molecule has 168 valence electrons. The fourth-order valence-corrected chi connectivity index (χ4v) is 4.33. The number of amides is 1. The van der Waals surface area contributed by atoms with Gasteiger partial charge in [0.1, 0.15) is 10.7 Å². The molecule has 0 fully saturated rings. The fraction of sp³-hybridized carbons (Fsp3) is 0.136. The van der Waals surface area contributed by atoms with Gasteiger partial charge in [0.05, 0.1) is 28.6 Å². The first-order chi connectivity index (χ1) is 15.8. The van der Waals surface area contributed by atoms with Gasteiger partial charge in [-0.1, -0.05) is 27.3 Å². The molecule has 0 aliphatic carbocycles. The van der Waals surface area contributed by atoms with E-state index in [2.05, 4.69) is 26.0 Å². The Labute approximate surface area is 200 Å². The van der Waals surface area contributed by atoms with Crippen LogP contribution in [0.5, 0.6) is 5.75 Å². The zero-order valence-electron chi connectivity index (χ0n) is 17.5. The second-order valence-electron chi connectivity index (χ2n) is 7.09. The maximum atomic E-state index is 13.3. The van der Waals surface area contributed by atoms with Gasteiger partial charge >= 0.3 is 5.88 Å². The quantitative estimate of drug-likeness (QED) is 0.164. The van der Waals surface area contributed by atoms with Gasteiger partial charge in [0.15, 0.2) is 5.76 Å². The summed E-state index contributed by atoms with van der Waals surface area (Å²) in [5.41, 5.74) is 1.08. The monoisotopic (exact) mass is 528 g/mol. The van der Waals surface area contributed by atoms with Crippen LogP contribution in [-0.4, -0.2) is 28.1 Å². The maximum absolute atomic E-state index is 13.3. The number of fused-ring (bicyclic) bond motifs is 1. The molecule has 0 saturated carbocycles. The SMILES string of the molecule is CC(C)Oc1ccc(C(=O)N(/N=C/c2ccc([N+](=O)[O-])o2)c2nc3ccc(Br)cc3s2)cc1. The molecule has 33 heavy (non-hydrogen) atoms. The largest absolute Gasteiger partial charge is 0.491 e. The Hall–Kier alpha value is -3.57. The van der Waals surface area contributed by atoms with Crippen molar-refractivity contribution >= 4 is 60.6 Å². The Balaban J connectivity index is 1.70. The van der Waals surface area contributed by atoms with Gasteiger partial charge in [-0.25, -0.2) is 4.98 Å². The molecule has 0 saturated heterocycles. The summed E-state index contributed by atoms with van der Waals surface area (Å²) in [6.45, 7) is 3.83. The molecule has 4 aromatic rings. The average molecular weight is 529 g/mol. The van der Waals surface area contributed by atoms with Gasteiger partial charge in [-0.2, -0.15) is 10.1 Å². The summed E-state index contributed by atoms with van der Waals surface area (Å²) >= 11 is 4.72. The van der Waals surface area contributed by atoms with Crippen molar-refractivity contribution in [3.63, 3.8) is 0 Å². The number of furan rings is 1. The second kappa shape index (κ2) is 9.51. The van der Waals surface area contributed by atoms with Crippen LogP contribution in [-0.2, 0) is 0 Å². The number of hydrogen-bond donors (Lipinski definition) is 0. The van der Waals surface area contributed by atoms with Crippen molar-refractivity contribution in [1.29, 1.82) is 0 Å². The minimum absolute atomic E-state index is 0.00655. The van der Waals surface area contributed by atoms with Crippen LogP contribution in [0.25, 0.3) is 10.2 Å². The van der Waals surface area contributed by atoms with E-state index >= 15 is 0 Å². The summed E-state index contributed by atoms with van der Waals surface area (Å²) in [4.78, 5) is 28.1. The normalized spacial score (nSPS) is 11.4. The Morgan fingerprint density at radius 3 is 2.67 bits per heavy atom. The lowest BCUT2D eigenvalue weighted by atomic mass is 10.2. The number of nitrogens with zero attached hydrogens (tertiary/aromatic N) is 4. The highest BCUT2D eigenvalue weighted by atomic mass is 79.9. The first-order valence-electron chi connectivity index (χ1n) is 9.75. The van der Waals surface area contributed by atoms with Crippen LogP contribution < -0.4 is 9.75 Å². The molecule has 1 amide bonds. The van der Waals surface area contributed by atoms with Crippen LogP contribution in [0, 0.1) is 10.1 Å². The fourth-order valence-electron chi connectivity index (χ4n) is 2.86. The van der Waals surface area contributed by atoms with Crippen LogP contribution in [0.4, 0.5) is 11.0 Å². The number of hydrogen-bond acceptors (Lipinski definition) is 8. The molecule has 9 nitrogen and oxygen atoms in total. The third kappa shape index (κ3) is 5.26. The number of aromatic nitrogens is 1. The number of ether oxygens (including phenoxy) is 1. The molecule has 0 radical (unpaired) electrons. The average Bonchev–Trinajstić information content (AvgIpc) is 3.41. The van der Waals surface area contributed by atoms with E-state index in [-0.39, 0.29) is 11.9 Å². The van der Waals surface area contributed by atoms with Gasteiger partial charge < -0.3 is 9.15 Å². The molecule has 4 rings (SSSR count). The lowest BCUT2D eigenvalue weighted by Crippen LogP contribution is -2.25. The van der Waals surface area contributed by atoms with Crippen LogP contribution in [0.2, 0.25) is 0 Å².